The van der Waals surface area contributed by atoms with Gasteiger partial charge in [-0.25, -0.2) is 0 Å². The molecule has 0 aromatic carbocycles. The zero-order chi connectivity index (χ0) is 18.9. The predicted octanol–water partition coefficient (Wildman–Crippen LogP) is 9.75. The van der Waals surface area contributed by atoms with Gasteiger partial charge in [0.25, 0.3) is 0 Å². The average Bonchev–Trinajstić information content (AvgIpc) is 3.34. The number of rotatable bonds is 3. The normalized spacial score (nSPS) is 35.6. The number of unbranched alkanes of at least 4 members (excludes halogenated alkanes) is 1. The molecule has 0 amide bonds. The van der Waals surface area contributed by atoms with Crippen molar-refractivity contribution in [1.29, 1.82) is 0 Å². The minimum atomic E-state index is -0.826. The van der Waals surface area contributed by atoms with Gasteiger partial charge in [0.05, 0.1) is 0 Å². The van der Waals surface area contributed by atoms with Crippen LogP contribution in [-0.4, -0.2) is 0 Å². The molecular formula is C25H48Cl2Zr. The Hall–Kier alpha value is 1.46. The number of hydrogen-bond acceptors (Lipinski definition) is 0. The molecule has 0 aromatic heterocycles. The van der Waals surface area contributed by atoms with E-state index in [1.807, 2.05) is 0 Å². The second kappa shape index (κ2) is 16.1. The number of fused-ring (bicyclic) bond motifs is 2. The first-order valence-corrected chi connectivity index (χ1v) is 17.9. The van der Waals surface area contributed by atoms with Crippen molar-refractivity contribution in [2.75, 3.05) is 0 Å². The molecule has 6 atom stereocenters. The summed E-state index contributed by atoms with van der Waals surface area (Å²) in [5, 5.41) is 0. The number of hydrogen-bond donors (Lipinski definition) is 0. The van der Waals surface area contributed by atoms with E-state index in [0.29, 0.717) is 0 Å². The summed E-state index contributed by atoms with van der Waals surface area (Å²) in [6.45, 7) is 7.33. The van der Waals surface area contributed by atoms with Crippen molar-refractivity contribution in [3.05, 3.63) is 14.9 Å². The van der Waals surface area contributed by atoms with E-state index in [2.05, 4.69) is 20.8 Å². The van der Waals surface area contributed by atoms with Gasteiger partial charge >= 0.3 is 37.9 Å². The van der Waals surface area contributed by atoms with Gasteiger partial charge in [-0.15, -0.1) is 0 Å². The molecule has 0 aromatic rings. The van der Waals surface area contributed by atoms with Crippen LogP contribution in [0.25, 0.3) is 0 Å². The molecule has 0 heterocycles. The SMILES string of the molecule is CC1CC2CC3CCCC3C(C)C2C1.CCCCC1CCCC1.[CH3-].[CH3-].[Cl][Zr+2][Cl]. The first-order valence-electron chi connectivity index (χ1n) is 11.6. The van der Waals surface area contributed by atoms with Crippen molar-refractivity contribution < 1.29 is 20.8 Å². The molecule has 0 aliphatic heterocycles. The summed E-state index contributed by atoms with van der Waals surface area (Å²) >= 11 is -0.826. The summed E-state index contributed by atoms with van der Waals surface area (Å²) in [6.07, 6.45) is 19.8. The zero-order valence-corrected chi connectivity index (χ0v) is 23.5. The molecule has 4 aliphatic rings. The van der Waals surface area contributed by atoms with E-state index in [-0.39, 0.29) is 14.9 Å². The molecular weight excluding hydrogens is 462 g/mol. The second-order valence-corrected chi connectivity index (χ2v) is 13.5. The Morgan fingerprint density at radius 3 is 2.04 bits per heavy atom. The van der Waals surface area contributed by atoms with Crippen molar-refractivity contribution in [2.45, 2.75) is 104 Å². The van der Waals surface area contributed by atoms with Crippen molar-refractivity contribution >= 4 is 17.0 Å². The first kappa shape index (κ1) is 29.5. The molecule has 0 radical (unpaired) electrons. The molecule has 4 fully saturated rings. The molecule has 4 saturated carbocycles. The maximum absolute atomic E-state index is 4.93. The van der Waals surface area contributed by atoms with Crippen LogP contribution in [0.15, 0.2) is 0 Å². The zero-order valence-electron chi connectivity index (χ0n) is 19.5. The van der Waals surface area contributed by atoms with E-state index in [1.165, 1.54) is 51.4 Å². The van der Waals surface area contributed by atoms with Crippen molar-refractivity contribution in [2.24, 2.45) is 41.4 Å². The van der Waals surface area contributed by atoms with Crippen LogP contribution in [0.1, 0.15) is 104 Å². The Labute approximate surface area is 197 Å². The minimum absolute atomic E-state index is 0. The van der Waals surface area contributed by atoms with Gasteiger partial charge in [-0.05, 0) is 67.1 Å². The Balaban J connectivity index is 0.000000458. The van der Waals surface area contributed by atoms with Crippen molar-refractivity contribution in [3.8, 4) is 0 Å². The summed E-state index contributed by atoms with van der Waals surface area (Å²) in [7, 11) is 9.87. The van der Waals surface area contributed by atoms with Crippen LogP contribution in [0, 0.1) is 56.3 Å². The summed E-state index contributed by atoms with van der Waals surface area (Å²) in [6, 6.07) is 0. The predicted molar refractivity (Wildman–Crippen MR) is 126 cm³/mol. The molecule has 3 heteroatoms. The summed E-state index contributed by atoms with van der Waals surface area (Å²) in [5.41, 5.74) is 0. The fourth-order valence-electron chi connectivity index (χ4n) is 6.91. The number of halogens is 2. The molecule has 166 valence electrons. The summed E-state index contributed by atoms with van der Waals surface area (Å²) < 4.78 is 0. The van der Waals surface area contributed by atoms with Crippen molar-refractivity contribution in [3.63, 3.8) is 0 Å². The molecule has 0 spiro atoms. The second-order valence-electron chi connectivity index (χ2n) is 9.81. The quantitative estimate of drug-likeness (QED) is 0.331. The Kier molecular flexibility index (Phi) is 17.0. The molecule has 4 rings (SSSR count). The van der Waals surface area contributed by atoms with E-state index in [1.54, 1.807) is 32.1 Å². The Morgan fingerprint density at radius 2 is 1.43 bits per heavy atom. The van der Waals surface area contributed by atoms with E-state index in [0.717, 1.165) is 41.4 Å². The maximum atomic E-state index is 4.93. The molecule has 6 unspecified atom stereocenters. The van der Waals surface area contributed by atoms with Gasteiger partial charge in [-0.2, -0.15) is 0 Å². The molecule has 4 aliphatic carbocycles. The van der Waals surface area contributed by atoms with Crippen LogP contribution in [0.3, 0.4) is 0 Å². The Bertz CT molecular complexity index is 370. The van der Waals surface area contributed by atoms with Crippen LogP contribution in [0.5, 0.6) is 0 Å². The van der Waals surface area contributed by atoms with E-state index in [9.17, 15) is 0 Å². The molecule has 0 bridgehead atoms. The van der Waals surface area contributed by atoms with E-state index in [4.69, 9.17) is 17.0 Å². The van der Waals surface area contributed by atoms with Gasteiger partial charge in [0.2, 0.25) is 0 Å². The third-order valence-electron chi connectivity index (χ3n) is 8.10. The van der Waals surface area contributed by atoms with Gasteiger partial charge < -0.3 is 14.9 Å². The van der Waals surface area contributed by atoms with E-state index < -0.39 is 20.8 Å². The van der Waals surface area contributed by atoms with Gasteiger partial charge in [-0.1, -0.05) is 78.6 Å². The third-order valence-corrected chi connectivity index (χ3v) is 8.10. The van der Waals surface area contributed by atoms with Crippen LogP contribution in [0.4, 0.5) is 0 Å². The van der Waals surface area contributed by atoms with Crippen LogP contribution < -0.4 is 0 Å². The topological polar surface area (TPSA) is 0 Å². The Morgan fingerprint density at radius 1 is 0.786 bits per heavy atom. The summed E-state index contributed by atoms with van der Waals surface area (Å²) in [5.74, 6) is 7.71. The molecule has 0 saturated heterocycles. The third kappa shape index (κ3) is 8.91. The van der Waals surface area contributed by atoms with Gasteiger partial charge in [0, 0.05) is 0 Å². The fourth-order valence-corrected chi connectivity index (χ4v) is 6.91. The van der Waals surface area contributed by atoms with Crippen molar-refractivity contribution in [1.82, 2.24) is 0 Å². The first-order chi connectivity index (χ1) is 12.6. The van der Waals surface area contributed by atoms with E-state index >= 15 is 0 Å². The van der Waals surface area contributed by atoms with Gasteiger partial charge in [-0.3, -0.25) is 0 Å². The molecule has 28 heavy (non-hydrogen) atoms. The van der Waals surface area contributed by atoms with Crippen LogP contribution >= 0.6 is 17.0 Å². The monoisotopic (exact) mass is 508 g/mol. The fraction of sp³-hybridized carbons (Fsp3) is 0.920. The van der Waals surface area contributed by atoms with Crippen LogP contribution in [0.2, 0.25) is 0 Å². The van der Waals surface area contributed by atoms with Gasteiger partial charge in [0.15, 0.2) is 0 Å². The standard InChI is InChI=1S/C14H24.C9H18.2CH3.2ClH.Zr/c1-9-6-12-8-11-4-3-5-13(11)10(2)14(12)7-9;1-2-3-6-9-7-4-5-8-9;;;;;/h9-14H,3-8H2,1-2H3;9H,2-8H2,1H3;2*1H3;2*1H;/q;;2*-1;;;+4/p-2. The molecule has 0 N–H and O–H groups in total. The molecule has 0 nitrogen and oxygen atoms in total. The van der Waals surface area contributed by atoms with Gasteiger partial charge in [0.1, 0.15) is 0 Å². The van der Waals surface area contributed by atoms with Crippen LogP contribution in [-0.2, 0) is 20.8 Å². The summed E-state index contributed by atoms with van der Waals surface area (Å²) in [4.78, 5) is 0. The average molecular weight is 511 g/mol.